The summed E-state index contributed by atoms with van der Waals surface area (Å²) in [6.45, 7) is 2.59. The molecule has 6 nitrogen and oxygen atoms in total. The Morgan fingerprint density at radius 1 is 0.971 bits per heavy atom. The van der Waals surface area contributed by atoms with Crippen LogP contribution in [0.15, 0.2) is 72.9 Å². The lowest BCUT2D eigenvalue weighted by molar-refractivity contribution is -0.137. The number of carbonyl (C=O) groups excluding carboxylic acids is 1. The van der Waals surface area contributed by atoms with Gasteiger partial charge in [-0.1, -0.05) is 42.5 Å². The van der Waals surface area contributed by atoms with Crippen molar-refractivity contribution in [2.75, 3.05) is 44.7 Å². The van der Waals surface area contributed by atoms with E-state index in [4.69, 9.17) is 4.74 Å². The fourth-order valence-electron chi connectivity index (χ4n) is 4.09. The summed E-state index contributed by atoms with van der Waals surface area (Å²) in [6.07, 6.45) is -3.54. The third-order valence-electron chi connectivity index (χ3n) is 6.03. The Morgan fingerprint density at radius 2 is 1.63 bits per heavy atom. The highest BCUT2D eigenvalue weighted by Crippen LogP contribution is 2.29. The number of piperazine rings is 1. The molecule has 0 bridgehead atoms. The molecule has 9 heteroatoms. The van der Waals surface area contributed by atoms with Crippen molar-refractivity contribution in [3.63, 3.8) is 0 Å². The number of aromatic nitrogens is 1. The molecule has 184 valence electrons. The van der Waals surface area contributed by atoms with Crippen molar-refractivity contribution in [1.82, 2.24) is 15.2 Å². The minimum atomic E-state index is -4.40. The summed E-state index contributed by atoms with van der Waals surface area (Å²) in [7, 11) is 1.61. The Bertz CT molecular complexity index is 1100. The van der Waals surface area contributed by atoms with E-state index < -0.39 is 11.7 Å². The molecular weight excluding hydrogens is 457 g/mol. The summed E-state index contributed by atoms with van der Waals surface area (Å²) in [5, 5.41) is 3.14. The second kappa shape index (κ2) is 10.8. The number of nitrogens with zero attached hydrogens (tertiary/aromatic N) is 3. The van der Waals surface area contributed by atoms with Gasteiger partial charge in [0.15, 0.2) is 0 Å². The molecule has 0 saturated carbocycles. The molecule has 0 aliphatic carbocycles. The van der Waals surface area contributed by atoms with Crippen molar-refractivity contribution >= 4 is 11.7 Å². The summed E-state index contributed by atoms with van der Waals surface area (Å²) >= 11 is 0. The molecule has 1 atom stereocenters. The Balaban J connectivity index is 1.35. The van der Waals surface area contributed by atoms with Crippen molar-refractivity contribution in [2.24, 2.45) is 0 Å². The molecule has 2 aromatic carbocycles. The number of carbonyl (C=O) groups is 1. The molecule has 1 amide bonds. The van der Waals surface area contributed by atoms with Gasteiger partial charge in [0.05, 0.1) is 25.3 Å². The Morgan fingerprint density at radius 3 is 2.20 bits per heavy atom. The van der Waals surface area contributed by atoms with Gasteiger partial charge in [0.25, 0.3) is 0 Å². The van der Waals surface area contributed by atoms with Gasteiger partial charge in [0, 0.05) is 32.4 Å². The predicted octanol–water partition coefficient (Wildman–Crippen LogP) is 4.14. The van der Waals surface area contributed by atoms with E-state index in [2.05, 4.69) is 10.3 Å². The Hall–Kier alpha value is -3.59. The topological polar surface area (TPSA) is 57.7 Å². The van der Waals surface area contributed by atoms with Crippen molar-refractivity contribution in [2.45, 2.75) is 12.2 Å². The van der Waals surface area contributed by atoms with Gasteiger partial charge in [-0.15, -0.1) is 0 Å². The molecule has 2 heterocycles. The van der Waals surface area contributed by atoms with Crippen LogP contribution in [0.1, 0.15) is 22.7 Å². The summed E-state index contributed by atoms with van der Waals surface area (Å²) < 4.78 is 43.6. The van der Waals surface area contributed by atoms with E-state index in [0.29, 0.717) is 32.0 Å². The molecule has 4 rings (SSSR count). The van der Waals surface area contributed by atoms with Gasteiger partial charge in [-0.05, 0) is 35.4 Å². The summed E-state index contributed by atoms with van der Waals surface area (Å²) in [4.78, 5) is 20.9. The lowest BCUT2D eigenvalue weighted by Gasteiger charge is -2.35. The molecule has 1 unspecified atom stereocenters. The molecule has 1 aliphatic rings. The third-order valence-corrected chi connectivity index (χ3v) is 6.03. The number of anilines is 1. The largest absolute Gasteiger partial charge is 0.497 e. The number of benzene rings is 2. The number of pyridine rings is 1. The third kappa shape index (κ3) is 6.30. The van der Waals surface area contributed by atoms with Crippen molar-refractivity contribution in [3.05, 3.63) is 89.6 Å². The Labute approximate surface area is 202 Å². The van der Waals surface area contributed by atoms with Crippen LogP contribution in [0.25, 0.3) is 0 Å². The molecule has 0 spiro atoms. The van der Waals surface area contributed by atoms with Crippen LogP contribution in [-0.2, 0) is 11.0 Å². The highest BCUT2D eigenvalue weighted by atomic mass is 19.4. The van der Waals surface area contributed by atoms with Crippen LogP contribution in [0, 0.1) is 0 Å². The standard InChI is InChI=1S/C26H27F3N4O2/c1-35-22-10-7-20(8-11-22)25(19-5-3-2-4-6-19)31-24(34)18-32-13-15-33(16-14-32)23-12-9-21(17-30-23)26(27,28)29/h2-12,17,25H,13-16,18H2,1H3,(H,31,34). The smallest absolute Gasteiger partial charge is 0.417 e. The summed E-state index contributed by atoms with van der Waals surface area (Å²) in [6, 6.07) is 19.5. The van der Waals surface area contributed by atoms with Gasteiger partial charge in [-0.3, -0.25) is 9.69 Å². The number of methoxy groups -OCH3 is 1. The fraction of sp³-hybridized carbons (Fsp3) is 0.308. The van der Waals surface area contributed by atoms with Crippen LogP contribution in [0.5, 0.6) is 5.75 Å². The van der Waals surface area contributed by atoms with Crippen LogP contribution < -0.4 is 15.0 Å². The number of hydrogen-bond acceptors (Lipinski definition) is 5. The predicted molar refractivity (Wildman–Crippen MR) is 127 cm³/mol. The van der Waals surface area contributed by atoms with E-state index in [1.165, 1.54) is 6.07 Å². The lowest BCUT2D eigenvalue weighted by Crippen LogP contribution is -2.50. The Kier molecular flexibility index (Phi) is 7.55. The number of alkyl halides is 3. The average molecular weight is 485 g/mol. The zero-order valence-corrected chi connectivity index (χ0v) is 19.3. The van der Waals surface area contributed by atoms with Gasteiger partial charge in [0.2, 0.25) is 5.91 Å². The lowest BCUT2D eigenvalue weighted by atomic mass is 9.98. The zero-order chi connectivity index (χ0) is 24.8. The van der Waals surface area contributed by atoms with Crippen LogP contribution in [0.2, 0.25) is 0 Å². The molecule has 1 fully saturated rings. The number of amides is 1. The summed E-state index contributed by atoms with van der Waals surface area (Å²) in [5.74, 6) is 1.15. The van der Waals surface area contributed by atoms with Crippen LogP contribution in [-0.4, -0.2) is 55.6 Å². The van der Waals surface area contributed by atoms with Gasteiger partial charge in [0.1, 0.15) is 11.6 Å². The van der Waals surface area contributed by atoms with Gasteiger partial charge >= 0.3 is 6.18 Å². The monoisotopic (exact) mass is 484 g/mol. The molecule has 3 aromatic rings. The highest BCUT2D eigenvalue weighted by Gasteiger charge is 2.31. The van der Waals surface area contributed by atoms with E-state index in [0.717, 1.165) is 29.1 Å². The number of rotatable bonds is 7. The summed E-state index contributed by atoms with van der Waals surface area (Å²) in [5.41, 5.74) is 1.16. The quantitative estimate of drug-likeness (QED) is 0.547. The molecule has 0 radical (unpaired) electrons. The normalized spacial score (nSPS) is 15.5. The van der Waals surface area contributed by atoms with Gasteiger partial charge in [-0.2, -0.15) is 13.2 Å². The number of hydrogen-bond donors (Lipinski definition) is 1. The highest BCUT2D eigenvalue weighted by molar-refractivity contribution is 5.79. The zero-order valence-electron chi connectivity index (χ0n) is 19.3. The second-order valence-corrected chi connectivity index (χ2v) is 8.35. The van der Waals surface area contributed by atoms with Crippen molar-refractivity contribution in [3.8, 4) is 5.75 Å². The maximum atomic E-state index is 13.0. The minimum absolute atomic E-state index is 0.101. The number of halogens is 3. The average Bonchev–Trinajstić information content (AvgIpc) is 2.88. The maximum absolute atomic E-state index is 13.0. The first-order valence-corrected chi connectivity index (χ1v) is 11.3. The molecule has 35 heavy (non-hydrogen) atoms. The van der Waals surface area contributed by atoms with E-state index in [1.54, 1.807) is 7.11 Å². The van der Waals surface area contributed by atoms with E-state index >= 15 is 0 Å². The van der Waals surface area contributed by atoms with E-state index in [9.17, 15) is 18.0 Å². The molecule has 1 aromatic heterocycles. The van der Waals surface area contributed by atoms with Gasteiger partial charge < -0.3 is 15.0 Å². The molecule has 1 N–H and O–H groups in total. The number of ether oxygens (including phenoxy) is 1. The van der Waals surface area contributed by atoms with Crippen LogP contribution >= 0.6 is 0 Å². The van der Waals surface area contributed by atoms with Gasteiger partial charge in [-0.25, -0.2) is 4.98 Å². The maximum Gasteiger partial charge on any atom is 0.417 e. The first kappa shape index (κ1) is 24.5. The first-order chi connectivity index (χ1) is 16.8. The molecule has 1 aliphatic heterocycles. The number of nitrogens with one attached hydrogen (secondary N) is 1. The minimum Gasteiger partial charge on any atom is -0.497 e. The molecule has 1 saturated heterocycles. The van der Waals surface area contributed by atoms with Crippen molar-refractivity contribution < 1.29 is 22.7 Å². The fourth-order valence-corrected chi connectivity index (χ4v) is 4.09. The van der Waals surface area contributed by atoms with E-state index in [-0.39, 0.29) is 18.5 Å². The SMILES string of the molecule is COc1ccc(C(NC(=O)CN2CCN(c3ccc(C(F)(F)F)cn3)CC2)c2ccccc2)cc1. The van der Waals surface area contributed by atoms with Crippen LogP contribution in [0.4, 0.5) is 19.0 Å². The second-order valence-electron chi connectivity index (χ2n) is 8.35. The van der Waals surface area contributed by atoms with Crippen molar-refractivity contribution in [1.29, 1.82) is 0 Å². The first-order valence-electron chi connectivity index (χ1n) is 11.3. The molecular formula is C26H27F3N4O2. The van der Waals surface area contributed by atoms with E-state index in [1.807, 2.05) is 64.4 Å². The van der Waals surface area contributed by atoms with Crippen LogP contribution in [0.3, 0.4) is 0 Å².